The summed E-state index contributed by atoms with van der Waals surface area (Å²) in [6.45, 7) is 4.66. The summed E-state index contributed by atoms with van der Waals surface area (Å²) in [5.74, 6) is 0. The van der Waals surface area contributed by atoms with Crippen LogP contribution in [0.2, 0.25) is 0 Å². The Hall–Kier alpha value is -1.98. The maximum absolute atomic E-state index is 2.35. The van der Waals surface area contributed by atoms with Gasteiger partial charge < -0.3 is 0 Å². The van der Waals surface area contributed by atoms with Crippen LogP contribution in [0.15, 0.2) is 47.2 Å². The first-order valence-electron chi connectivity index (χ1n) is 10.4. The molecule has 0 aliphatic carbocycles. The third kappa shape index (κ3) is 2.10. The molecule has 3 aromatic carbocycles. The number of fused-ring (bicyclic) bond motifs is 11. The SMILES string of the molecule is CCc1c(CC)c2sc3ccc4sccc4c3c2c2c1sc1ccc3sccc3c12. The van der Waals surface area contributed by atoms with Gasteiger partial charge in [-0.1, -0.05) is 13.8 Å². The summed E-state index contributed by atoms with van der Waals surface area (Å²) in [4.78, 5) is 0. The molecule has 4 heteroatoms. The van der Waals surface area contributed by atoms with Gasteiger partial charge in [-0.15, -0.1) is 45.3 Å². The van der Waals surface area contributed by atoms with Gasteiger partial charge in [0.15, 0.2) is 0 Å². The van der Waals surface area contributed by atoms with Gasteiger partial charge in [0.05, 0.1) is 0 Å². The van der Waals surface area contributed by atoms with E-state index in [2.05, 4.69) is 61.0 Å². The second-order valence-corrected chi connectivity index (χ2v) is 11.8. The molecule has 0 atom stereocenters. The van der Waals surface area contributed by atoms with E-state index in [9.17, 15) is 0 Å². The van der Waals surface area contributed by atoms with E-state index in [1.54, 1.807) is 11.1 Å². The van der Waals surface area contributed by atoms with Crippen LogP contribution in [-0.4, -0.2) is 0 Å². The van der Waals surface area contributed by atoms with Gasteiger partial charge in [0, 0.05) is 60.5 Å². The predicted octanol–water partition coefficient (Wildman–Crippen LogP) is 9.98. The van der Waals surface area contributed by atoms with E-state index in [0.717, 1.165) is 12.8 Å². The van der Waals surface area contributed by atoms with E-state index in [-0.39, 0.29) is 0 Å². The first-order chi connectivity index (χ1) is 14.8. The van der Waals surface area contributed by atoms with Crippen LogP contribution in [0.25, 0.3) is 60.5 Å². The maximum Gasteiger partial charge on any atom is 0.0397 e. The Morgan fingerprint density at radius 2 is 0.967 bits per heavy atom. The highest BCUT2D eigenvalue weighted by atomic mass is 32.1. The molecule has 0 aliphatic rings. The van der Waals surface area contributed by atoms with Gasteiger partial charge in [-0.2, -0.15) is 0 Å². The Bertz CT molecular complexity index is 1640. The number of thiophene rings is 4. The molecule has 146 valence electrons. The lowest BCUT2D eigenvalue weighted by Gasteiger charge is -2.11. The largest absolute Gasteiger partial charge is 0.144 e. The molecule has 0 bridgehead atoms. The molecule has 0 amide bonds. The van der Waals surface area contributed by atoms with Crippen molar-refractivity contribution in [1.82, 2.24) is 0 Å². The van der Waals surface area contributed by atoms with Gasteiger partial charge >= 0.3 is 0 Å². The normalized spacial score (nSPS) is 12.6. The molecule has 0 spiro atoms. The predicted molar refractivity (Wildman–Crippen MR) is 142 cm³/mol. The quantitative estimate of drug-likeness (QED) is 0.242. The Morgan fingerprint density at radius 1 is 0.533 bits per heavy atom. The molecular weight excluding hydrogens is 441 g/mol. The molecule has 30 heavy (non-hydrogen) atoms. The first kappa shape index (κ1) is 17.7. The monoisotopic (exact) mass is 458 g/mol. The van der Waals surface area contributed by atoms with E-state index in [1.165, 1.54) is 60.5 Å². The highest BCUT2D eigenvalue weighted by molar-refractivity contribution is 7.29. The first-order valence-corrected chi connectivity index (χ1v) is 13.8. The molecule has 4 heterocycles. The molecule has 7 rings (SSSR count). The van der Waals surface area contributed by atoms with Crippen molar-refractivity contribution in [1.29, 1.82) is 0 Å². The van der Waals surface area contributed by atoms with Crippen molar-refractivity contribution in [3.63, 3.8) is 0 Å². The van der Waals surface area contributed by atoms with Gasteiger partial charge in [0.1, 0.15) is 0 Å². The molecule has 0 N–H and O–H groups in total. The van der Waals surface area contributed by atoms with E-state index in [0.29, 0.717) is 0 Å². The fraction of sp³-hybridized carbons (Fsp3) is 0.154. The van der Waals surface area contributed by atoms with Crippen LogP contribution >= 0.6 is 45.3 Å². The third-order valence-electron chi connectivity index (χ3n) is 6.44. The van der Waals surface area contributed by atoms with Crippen molar-refractivity contribution in [2.75, 3.05) is 0 Å². The Morgan fingerprint density at radius 3 is 1.40 bits per heavy atom. The van der Waals surface area contributed by atoms with E-state index >= 15 is 0 Å². The Labute approximate surface area is 190 Å². The van der Waals surface area contributed by atoms with Crippen LogP contribution in [0.5, 0.6) is 0 Å². The molecule has 0 radical (unpaired) electrons. The summed E-state index contributed by atoms with van der Waals surface area (Å²) >= 11 is 7.72. The molecule has 0 aliphatic heterocycles. The molecule has 7 aromatic rings. The Balaban J connectivity index is 1.91. The number of aryl methyl sites for hydroxylation is 2. The minimum absolute atomic E-state index is 1.09. The van der Waals surface area contributed by atoms with E-state index < -0.39 is 0 Å². The van der Waals surface area contributed by atoms with Gasteiger partial charge in [-0.3, -0.25) is 0 Å². The second kappa shape index (κ2) is 6.27. The highest BCUT2D eigenvalue weighted by Gasteiger charge is 2.22. The number of benzene rings is 3. The Kier molecular flexibility index (Phi) is 3.69. The fourth-order valence-corrected chi connectivity index (χ4v) is 9.53. The maximum atomic E-state index is 2.35. The smallest absolute Gasteiger partial charge is 0.0397 e. The van der Waals surface area contributed by atoms with Crippen molar-refractivity contribution in [2.24, 2.45) is 0 Å². The molecule has 0 unspecified atom stereocenters. The van der Waals surface area contributed by atoms with Crippen LogP contribution in [0.4, 0.5) is 0 Å². The van der Waals surface area contributed by atoms with Gasteiger partial charge in [-0.05, 0) is 71.1 Å². The zero-order valence-electron chi connectivity index (χ0n) is 16.7. The van der Waals surface area contributed by atoms with Crippen LogP contribution < -0.4 is 0 Å². The molecule has 4 aromatic heterocycles. The highest BCUT2D eigenvalue weighted by Crippen LogP contribution is 2.51. The van der Waals surface area contributed by atoms with Crippen LogP contribution in [0, 0.1) is 0 Å². The summed E-state index contributed by atoms with van der Waals surface area (Å²) in [6.07, 6.45) is 2.19. The summed E-state index contributed by atoms with van der Waals surface area (Å²) < 4.78 is 8.68. The van der Waals surface area contributed by atoms with Gasteiger partial charge in [-0.25, -0.2) is 0 Å². The van der Waals surface area contributed by atoms with E-state index in [1.807, 2.05) is 45.3 Å². The number of hydrogen-bond donors (Lipinski definition) is 0. The zero-order valence-corrected chi connectivity index (χ0v) is 19.9. The average molecular weight is 459 g/mol. The van der Waals surface area contributed by atoms with E-state index in [4.69, 9.17) is 0 Å². The topological polar surface area (TPSA) is 0 Å². The molecule has 0 nitrogen and oxygen atoms in total. The molecule has 0 saturated heterocycles. The lowest BCUT2D eigenvalue weighted by molar-refractivity contribution is 1.07. The number of rotatable bonds is 2. The lowest BCUT2D eigenvalue weighted by Crippen LogP contribution is -1.92. The van der Waals surface area contributed by atoms with Crippen molar-refractivity contribution in [3.05, 3.63) is 58.3 Å². The summed E-state index contributed by atoms with van der Waals surface area (Å²) in [5, 5.41) is 13.3. The summed E-state index contributed by atoms with van der Waals surface area (Å²) in [6, 6.07) is 14.0. The third-order valence-corrected chi connectivity index (χ3v) is 10.6. The minimum Gasteiger partial charge on any atom is -0.144 e. The van der Waals surface area contributed by atoms with Crippen molar-refractivity contribution in [3.8, 4) is 0 Å². The lowest BCUT2D eigenvalue weighted by atomic mass is 9.94. The summed E-state index contributed by atoms with van der Waals surface area (Å²) in [5.41, 5.74) is 3.13. The van der Waals surface area contributed by atoms with Crippen LogP contribution in [0.3, 0.4) is 0 Å². The fourth-order valence-electron chi connectivity index (χ4n) is 5.21. The standard InChI is InChI=1S/C26H18S4/c1-3-13-14(4-2)26-24(22-16-10-12-28-18(16)6-8-20(22)30-26)23-21-15-9-11-27-17(15)5-7-19(21)29-25(13)23/h5-12H,3-4H2,1-2H3. The minimum atomic E-state index is 1.09. The molecule has 0 saturated carbocycles. The van der Waals surface area contributed by atoms with Gasteiger partial charge in [0.2, 0.25) is 0 Å². The van der Waals surface area contributed by atoms with Gasteiger partial charge in [0.25, 0.3) is 0 Å². The van der Waals surface area contributed by atoms with Crippen molar-refractivity contribution >= 4 is 106 Å². The van der Waals surface area contributed by atoms with Crippen LogP contribution in [-0.2, 0) is 12.8 Å². The zero-order chi connectivity index (χ0) is 20.0. The average Bonchev–Trinajstić information content (AvgIpc) is 3.53. The van der Waals surface area contributed by atoms with Crippen molar-refractivity contribution in [2.45, 2.75) is 26.7 Å². The molecule has 0 fully saturated rings. The van der Waals surface area contributed by atoms with Crippen molar-refractivity contribution < 1.29 is 0 Å². The second-order valence-electron chi connectivity index (χ2n) is 7.82. The van der Waals surface area contributed by atoms with Crippen LogP contribution in [0.1, 0.15) is 25.0 Å². The summed E-state index contributed by atoms with van der Waals surface area (Å²) in [7, 11) is 0. The number of hydrogen-bond acceptors (Lipinski definition) is 4. The molecular formula is C26H18S4.